The van der Waals surface area contributed by atoms with Crippen molar-refractivity contribution in [3.05, 3.63) is 69.7 Å². The molecule has 11 heteroatoms. The maximum Gasteiger partial charge on any atom is 0.368 e. The van der Waals surface area contributed by atoms with Gasteiger partial charge in [-0.15, -0.1) is 11.3 Å². The van der Waals surface area contributed by atoms with Gasteiger partial charge in [0, 0.05) is 22.7 Å². The maximum atomic E-state index is 14.0. The van der Waals surface area contributed by atoms with Gasteiger partial charge in [-0.3, -0.25) is 4.79 Å². The number of rotatable bonds is 6. The number of thioether (sulfide) groups is 1. The minimum atomic E-state index is -1.42. The van der Waals surface area contributed by atoms with Crippen molar-refractivity contribution in [1.82, 2.24) is 14.8 Å². The number of hydrogen-bond donors (Lipinski definition) is 2. The number of benzene rings is 1. The highest BCUT2D eigenvalue weighted by atomic mass is 32.2. The van der Waals surface area contributed by atoms with Gasteiger partial charge < -0.3 is 14.9 Å². The third kappa shape index (κ3) is 4.37. The van der Waals surface area contributed by atoms with Crippen LogP contribution in [0.3, 0.4) is 0 Å². The summed E-state index contributed by atoms with van der Waals surface area (Å²) in [6.45, 7) is 4.12. The number of aliphatic hydroxyl groups excluding tert-OH is 2. The molecule has 0 bridgehead atoms. The Bertz CT molecular complexity index is 1620. The van der Waals surface area contributed by atoms with Crippen LogP contribution in [0, 0.1) is 34.4 Å². The van der Waals surface area contributed by atoms with Crippen molar-refractivity contribution in [2.75, 3.05) is 12.4 Å². The molecule has 4 aliphatic rings. The molecule has 2 N–H and O–H groups in total. The van der Waals surface area contributed by atoms with Crippen molar-refractivity contribution in [3.8, 4) is 5.69 Å². The van der Waals surface area contributed by atoms with Crippen molar-refractivity contribution in [2.45, 2.75) is 64.1 Å². The van der Waals surface area contributed by atoms with Crippen LogP contribution >= 0.6 is 23.1 Å². The number of nitrogens with zero attached hydrogens (tertiary/aromatic N) is 3. The molecule has 7 rings (SSSR count). The minimum absolute atomic E-state index is 0.0337. The summed E-state index contributed by atoms with van der Waals surface area (Å²) in [7, 11) is 0. The Hall–Kier alpha value is -2.86. The van der Waals surface area contributed by atoms with E-state index in [0.717, 1.165) is 48.0 Å². The van der Waals surface area contributed by atoms with Crippen LogP contribution in [-0.2, 0) is 16.0 Å². The Morgan fingerprint density at radius 2 is 2.02 bits per heavy atom. The second kappa shape index (κ2) is 10.9. The monoisotopic (exact) mass is 637 g/mol. The molecule has 0 unspecified atom stereocenters. The Morgan fingerprint density at radius 1 is 1.23 bits per heavy atom. The molecule has 0 spiro atoms. The first-order valence-corrected chi connectivity index (χ1v) is 17.1. The van der Waals surface area contributed by atoms with Crippen LogP contribution in [0.1, 0.15) is 67.0 Å². The number of ether oxygens (including phenoxy) is 1. The van der Waals surface area contributed by atoms with Crippen molar-refractivity contribution in [2.24, 2.45) is 28.6 Å². The fraction of sp³-hybridized carbons (Fsp3) is 0.515. The Morgan fingerprint density at radius 3 is 2.75 bits per heavy atom. The largest absolute Gasteiger partial charge is 0.444 e. The molecular formula is C33H36FN3O5S2. The summed E-state index contributed by atoms with van der Waals surface area (Å²) >= 11 is 2.18. The van der Waals surface area contributed by atoms with E-state index in [1.807, 2.05) is 17.8 Å². The fourth-order valence-electron chi connectivity index (χ4n) is 9.29. The summed E-state index contributed by atoms with van der Waals surface area (Å²) < 4.78 is 21.7. The summed E-state index contributed by atoms with van der Waals surface area (Å²) in [5.41, 5.74) is 1.68. The molecule has 2 aromatic heterocycles. The van der Waals surface area contributed by atoms with E-state index >= 15 is 0 Å². The van der Waals surface area contributed by atoms with Crippen molar-refractivity contribution in [3.63, 3.8) is 0 Å². The molecule has 3 saturated carbocycles. The van der Waals surface area contributed by atoms with Crippen LogP contribution in [0.2, 0.25) is 0 Å². The first kappa shape index (κ1) is 29.8. The number of allylic oxidation sites excluding steroid dienone is 1. The fourth-order valence-corrected chi connectivity index (χ4v) is 10.7. The molecule has 0 amide bonds. The lowest BCUT2D eigenvalue weighted by Gasteiger charge is -2.60. The molecule has 8 nitrogen and oxygen atoms in total. The highest BCUT2D eigenvalue weighted by molar-refractivity contribution is 8.13. The van der Waals surface area contributed by atoms with E-state index in [1.54, 1.807) is 17.5 Å². The number of fused-ring (bicyclic) bond motifs is 6. The van der Waals surface area contributed by atoms with Crippen LogP contribution in [-0.4, -0.2) is 60.1 Å². The molecule has 44 heavy (non-hydrogen) atoms. The number of hydrogen-bond acceptors (Lipinski definition) is 9. The van der Waals surface area contributed by atoms with E-state index in [-0.39, 0.29) is 51.5 Å². The van der Waals surface area contributed by atoms with Crippen LogP contribution in [0.4, 0.5) is 4.39 Å². The van der Waals surface area contributed by atoms with Crippen molar-refractivity contribution < 1.29 is 28.9 Å². The molecule has 232 valence electrons. The lowest BCUT2D eigenvalue weighted by molar-refractivity contribution is -0.174. The molecule has 0 radical (unpaired) electrons. The van der Waals surface area contributed by atoms with E-state index in [4.69, 9.17) is 4.74 Å². The van der Waals surface area contributed by atoms with E-state index in [0.29, 0.717) is 19.3 Å². The molecule has 1 aromatic carbocycles. The first-order valence-electron chi connectivity index (χ1n) is 15.2. The highest BCUT2D eigenvalue weighted by Gasteiger charge is 2.70. The third-order valence-corrected chi connectivity index (χ3v) is 12.9. The zero-order chi connectivity index (χ0) is 30.9. The normalized spacial score (nSPS) is 33.9. The van der Waals surface area contributed by atoms with Gasteiger partial charge >= 0.3 is 5.97 Å². The lowest BCUT2D eigenvalue weighted by atomic mass is 9.45. The van der Waals surface area contributed by atoms with Gasteiger partial charge in [0.15, 0.2) is 5.60 Å². The van der Waals surface area contributed by atoms with Gasteiger partial charge in [0.25, 0.3) is 0 Å². The number of carbonyl (C=O) groups excluding carboxylic acids is 2. The molecule has 4 aliphatic carbocycles. The molecule has 3 aromatic rings. The Kier molecular flexibility index (Phi) is 7.38. The third-order valence-electron chi connectivity index (χ3n) is 11.1. The average Bonchev–Trinajstić information content (AvgIpc) is 3.73. The lowest BCUT2D eigenvalue weighted by Crippen LogP contribution is -2.62. The van der Waals surface area contributed by atoms with E-state index < -0.39 is 23.1 Å². The SMILES string of the molecule is C[C@]12Cc3cnn(-c4ccc(F)cc4)c3C=C1CC[C@@H]1[C@@H]2[C@@H](O)C[C@@]2(C)[C@H]1CC[C@]2(OC(=O)c1nccs1)C(=O)SCCO. The molecule has 2 heterocycles. The quantitative estimate of drug-likeness (QED) is 0.342. The molecule has 7 atom stereocenters. The minimum Gasteiger partial charge on any atom is -0.444 e. The molecule has 0 aliphatic heterocycles. The topological polar surface area (TPSA) is 115 Å². The summed E-state index contributed by atoms with van der Waals surface area (Å²) in [5, 5.41) is 27.9. The number of aliphatic hydroxyl groups is 2. The Labute approximate surface area is 263 Å². The van der Waals surface area contributed by atoms with Crippen LogP contribution in [0.25, 0.3) is 11.8 Å². The number of carbonyl (C=O) groups is 2. The summed E-state index contributed by atoms with van der Waals surface area (Å²) in [5.74, 6) is -0.523. The first-order chi connectivity index (χ1) is 21.1. The van der Waals surface area contributed by atoms with Crippen LogP contribution < -0.4 is 0 Å². The number of esters is 1. The second-order valence-electron chi connectivity index (χ2n) is 13.2. The summed E-state index contributed by atoms with van der Waals surface area (Å²) in [6, 6.07) is 6.33. The van der Waals surface area contributed by atoms with Crippen molar-refractivity contribution >= 4 is 40.3 Å². The maximum absolute atomic E-state index is 14.0. The van der Waals surface area contributed by atoms with Gasteiger partial charge in [0.1, 0.15) is 5.82 Å². The Balaban J connectivity index is 1.22. The predicted molar refractivity (Wildman–Crippen MR) is 166 cm³/mol. The predicted octanol–water partition coefficient (Wildman–Crippen LogP) is 5.47. The average molecular weight is 638 g/mol. The molecule has 3 fully saturated rings. The zero-order valence-corrected chi connectivity index (χ0v) is 26.4. The van der Waals surface area contributed by atoms with Crippen LogP contribution in [0.5, 0.6) is 0 Å². The van der Waals surface area contributed by atoms with Gasteiger partial charge in [0.2, 0.25) is 10.1 Å². The van der Waals surface area contributed by atoms with Gasteiger partial charge in [-0.1, -0.05) is 31.2 Å². The van der Waals surface area contributed by atoms with Gasteiger partial charge in [-0.05, 0) is 97.6 Å². The number of halogens is 1. The zero-order valence-electron chi connectivity index (χ0n) is 24.7. The number of thiazole rings is 1. The second-order valence-corrected chi connectivity index (χ2v) is 15.1. The number of aromatic nitrogens is 3. The molecular weight excluding hydrogens is 602 g/mol. The van der Waals surface area contributed by atoms with Gasteiger partial charge in [-0.25, -0.2) is 18.9 Å². The highest BCUT2D eigenvalue weighted by Crippen LogP contribution is 2.69. The van der Waals surface area contributed by atoms with Gasteiger partial charge in [0.05, 0.1) is 30.3 Å². The van der Waals surface area contributed by atoms with Crippen molar-refractivity contribution in [1.29, 1.82) is 0 Å². The van der Waals surface area contributed by atoms with E-state index in [2.05, 4.69) is 23.1 Å². The summed E-state index contributed by atoms with van der Waals surface area (Å²) in [4.78, 5) is 31.4. The smallest absolute Gasteiger partial charge is 0.368 e. The van der Waals surface area contributed by atoms with Crippen LogP contribution in [0.15, 0.2) is 47.6 Å². The standard InChI is InChI=1S/C33H36FN3O5S2/c1-31-16-19-18-36-37(22-6-4-21(34)5-7-22)25(19)15-20(31)3-8-23-24-9-10-33(30(41)44-14-12-38,32(24,2)17-26(39)27(23)31)42-29(40)28-35-11-13-43-28/h4-7,11,13,15,18,23-24,26-27,38-39H,3,8-10,12,14,16-17H2,1-2H3/t23-,24-,26-,27+,31-,32-,33-/m0/s1. The van der Waals surface area contributed by atoms with Gasteiger partial charge in [-0.2, -0.15) is 5.10 Å². The summed E-state index contributed by atoms with van der Waals surface area (Å²) in [6.07, 6.45) is 8.79. The van der Waals surface area contributed by atoms with E-state index in [9.17, 15) is 24.2 Å². The molecule has 0 saturated heterocycles. The van der Waals surface area contributed by atoms with E-state index in [1.165, 1.54) is 35.2 Å².